The van der Waals surface area contributed by atoms with Crippen LogP contribution in [0.3, 0.4) is 0 Å². The van der Waals surface area contributed by atoms with E-state index in [0.717, 1.165) is 22.0 Å². The Morgan fingerprint density at radius 1 is 1.24 bits per heavy atom. The van der Waals surface area contributed by atoms with Gasteiger partial charge in [0.25, 0.3) is 11.5 Å². The first-order valence-corrected chi connectivity index (χ1v) is 10.6. The number of rotatable bonds is 8. The number of alkyl halides is 2. The zero-order valence-corrected chi connectivity index (χ0v) is 18.6. The van der Waals surface area contributed by atoms with Gasteiger partial charge < -0.3 is 14.8 Å². The first-order valence-electron chi connectivity index (χ1n) is 9.81. The van der Waals surface area contributed by atoms with Crippen molar-refractivity contribution in [2.75, 3.05) is 20.3 Å². The molecule has 0 fully saturated rings. The first kappa shape index (κ1) is 24.8. The molecule has 2 aromatic carbocycles. The normalized spacial score (nSPS) is 12.4. The maximum Gasteiger partial charge on any atom is 0.387 e. The van der Waals surface area contributed by atoms with Crippen LogP contribution in [0.4, 0.5) is 13.2 Å². The number of para-hydroxylation sites is 2. The van der Waals surface area contributed by atoms with Crippen LogP contribution in [0.25, 0.3) is 17.3 Å². The lowest BCUT2D eigenvalue weighted by Gasteiger charge is -2.06. The SMILES string of the molecule is COCCNC(=O)/C(C#N)=c1\s/c(=C\c2ccccc2OC(F)F)c(=O)n1-c1ccccc1F. The number of amides is 1. The van der Waals surface area contributed by atoms with Gasteiger partial charge in [-0.3, -0.25) is 14.2 Å². The smallest absolute Gasteiger partial charge is 0.387 e. The highest BCUT2D eigenvalue weighted by Crippen LogP contribution is 2.20. The number of benzene rings is 2. The molecule has 0 unspecified atom stereocenters. The monoisotopic (exact) mass is 489 g/mol. The number of nitrogens with one attached hydrogen (secondary N) is 1. The van der Waals surface area contributed by atoms with Gasteiger partial charge in [0.2, 0.25) is 0 Å². The minimum atomic E-state index is -3.09. The predicted molar refractivity (Wildman–Crippen MR) is 120 cm³/mol. The van der Waals surface area contributed by atoms with Gasteiger partial charge in [-0.15, -0.1) is 11.3 Å². The maximum absolute atomic E-state index is 14.6. The third-order valence-electron chi connectivity index (χ3n) is 4.48. The summed E-state index contributed by atoms with van der Waals surface area (Å²) in [5, 5.41) is 12.2. The molecule has 176 valence electrons. The quantitative estimate of drug-likeness (QED) is 0.488. The molecule has 0 aliphatic rings. The molecule has 0 aliphatic heterocycles. The summed E-state index contributed by atoms with van der Waals surface area (Å²) in [5.74, 6) is -1.71. The van der Waals surface area contributed by atoms with Gasteiger partial charge in [0, 0.05) is 19.2 Å². The van der Waals surface area contributed by atoms with Crippen molar-refractivity contribution in [2.45, 2.75) is 6.61 Å². The number of carbonyl (C=O) groups excluding carboxylic acids is 1. The van der Waals surface area contributed by atoms with E-state index in [0.29, 0.717) is 0 Å². The lowest BCUT2D eigenvalue weighted by molar-refractivity contribution is -0.115. The predicted octanol–water partition coefficient (Wildman–Crippen LogP) is 1.91. The number of nitrogens with zero attached hydrogens (tertiary/aromatic N) is 2. The number of halogens is 3. The van der Waals surface area contributed by atoms with Gasteiger partial charge in [0.1, 0.15) is 22.3 Å². The van der Waals surface area contributed by atoms with Crippen LogP contribution in [0.1, 0.15) is 5.56 Å². The molecule has 0 saturated carbocycles. The molecule has 7 nitrogen and oxygen atoms in total. The highest BCUT2D eigenvalue weighted by molar-refractivity contribution is 7.07. The molecule has 3 aromatic rings. The molecule has 11 heteroatoms. The number of hydrogen-bond acceptors (Lipinski definition) is 6. The fraction of sp³-hybridized carbons (Fsp3) is 0.174. The largest absolute Gasteiger partial charge is 0.434 e. The Morgan fingerprint density at radius 2 is 1.94 bits per heavy atom. The molecule has 3 rings (SSSR count). The summed E-state index contributed by atoms with van der Waals surface area (Å²) in [6.07, 6.45) is 1.28. The summed E-state index contributed by atoms with van der Waals surface area (Å²) in [6, 6.07) is 12.9. The minimum absolute atomic E-state index is 0.0268. The van der Waals surface area contributed by atoms with Crippen molar-refractivity contribution in [3.63, 3.8) is 0 Å². The van der Waals surface area contributed by atoms with E-state index in [1.165, 1.54) is 49.6 Å². The summed E-state index contributed by atoms with van der Waals surface area (Å²) >= 11 is 0.746. The van der Waals surface area contributed by atoms with Crippen LogP contribution in [0.5, 0.6) is 5.75 Å². The van der Waals surface area contributed by atoms with Crippen molar-refractivity contribution < 1.29 is 27.4 Å². The Morgan fingerprint density at radius 3 is 2.62 bits per heavy atom. The first-order chi connectivity index (χ1) is 16.4. The van der Waals surface area contributed by atoms with E-state index in [-0.39, 0.29) is 39.3 Å². The second-order valence-corrected chi connectivity index (χ2v) is 7.69. The molecule has 0 spiro atoms. The average molecular weight is 489 g/mol. The molecule has 34 heavy (non-hydrogen) atoms. The maximum atomic E-state index is 14.6. The second kappa shape index (κ2) is 11.3. The van der Waals surface area contributed by atoms with Crippen molar-refractivity contribution in [2.24, 2.45) is 0 Å². The van der Waals surface area contributed by atoms with E-state index in [1.807, 2.05) is 0 Å². The van der Waals surface area contributed by atoms with Gasteiger partial charge in [-0.25, -0.2) is 4.39 Å². The van der Waals surface area contributed by atoms with Gasteiger partial charge in [-0.2, -0.15) is 14.0 Å². The molecule has 1 heterocycles. The van der Waals surface area contributed by atoms with Crippen LogP contribution in [0.15, 0.2) is 53.3 Å². The highest BCUT2D eigenvalue weighted by atomic mass is 32.1. The summed E-state index contributed by atoms with van der Waals surface area (Å²) in [5.41, 5.74) is -1.17. The standard InChI is InChI=1S/C23H18F3N3O4S/c1-32-11-10-28-20(30)15(13-27)22-29(17-8-4-3-7-16(17)24)21(31)19(34-22)12-14-6-2-5-9-18(14)33-23(25)26/h2-9,12,23H,10-11H2,1H3,(H,28,30)/b19-12-,22-15-. The molecule has 0 saturated heterocycles. The van der Waals surface area contributed by atoms with Crippen molar-refractivity contribution >= 4 is 28.9 Å². The van der Waals surface area contributed by atoms with Crippen molar-refractivity contribution in [3.8, 4) is 17.5 Å². The Balaban J connectivity index is 2.32. The average Bonchev–Trinajstić information content (AvgIpc) is 3.11. The third kappa shape index (κ3) is 5.54. The van der Waals surface area contributed by atoms with Gasteiger partial charge in [0.05, 0.1) is 16.8 Å². The van der Waals surface area contributed by atoms with E-state index in [9.17, 15) is 28.0 Å². The summed E-state index contributed by atoms with van der Waals surface area (Å²) < 4.78 is 50.3. The molecule has 0 aliphatic carbocycles. The van der Waals surface area contributed by atoms with Crippen molar-refractivity contribution in [1.29, 1.82) is 5.26 Å². The Hall–Kier alpha value is -3.88. The molecular formula is C23H18F3N3O4S. The molecule has 1 aromatic heterocycles. The Bertz CT molecular complexity index is 1410. The lowest BCUT2D eigenvalue weighted by atomic mass is 10.2. The molecule has 1 N–H and O–H groups in total. The lowest BCUT2D eigenvalue weighted by Crippen LogP contribution is -2.35. The van der Waals surface area contributed by atoms with Crippen molar-refractivity contribution in [3.05, 3.63) is 79.5 Å². The second-order valence-electron chi connectivity index (χ2n) is 6.66. The number of methoxy groups -OCH3 is 1. The molecule has 0 bridgehead atoms. The number of hydrogen-bond donors (Lipinski definition) is 1. The van der Waals surface area contributed by atoms with E-state index < -0.39 is 29.5 Å². The van der Waals surface area contributed by atoms with Gasteiger partial charge in [-0.05, 0) is 24.3 Å². The van der Waals surface area contributed by atoms with Gasteiger partial charge in [0.15, 0.2) is 5.57 Å². The molecule has 0 atom stereocenters. The van der Waals surface area contributed by atoms with Gasteiger partial charge >= 0.3 is 6.61 Å². The van der Waals surface area contributed by atoms with E-state index in [2.05, 4.69) is 10.1 Å². The van der Waals surface area contributed by atoms with Crippen LogP contribution < -0.4 is 24.8 Å². The number of thiazole rings is 1. The van der Waals surface area contributed by atoms with Crippen LogP contribution >= 0.6 is 11.3 Å². The topological polar surface area (TPSA) is 93.3 Å². The fourth-order valence-electron chi connectivity index (χ4n) is 3.00. The van der Waals surface area contributed by atoms with Crippen LogP contribution in [0.2, 0.25) is 0 Å². The highest BCUT2D eigenvalue weighted by Gasteiger charge is 2.19. The van der Waals surface area contributed by atoms with Crippen LogP contribution in [-0.2, 0) is 9.53 Å². The third-order valence-corrected chi connectivity index (χ3v) is 5.58. The van der Waals surface area contributed by atoms with Crippen LogP contribution in [0, 0.1) is 17.1 Å². The van der Waals surface area contributed by atoms with Crippen molar-refractivity contribution in [1.82, 2.24) is 9.88 Å². The Labute approximate surface area is 195 Å². The number of ether oxygens (including phenoxy) is 2. The van der Waals surface area contributed by atoms with E-state index in [1.54, 1.807) is 12.1 Å². The summed E-state index contributed by atoms with van der Waals surface area (Å²) in [7, 11) is 1.44. The van der Waals surface area contributed by atoms with Crippen LogP contribution in [-0.4, -0.2) is 37.3 Å². The Kier molecular flexibility index (Phi) is 8.24. The molecule has 1 amide bonds. The fourth-order valence-corrected chi connectivity index (χ4v) is 4.08. The molecule has 0 radical (unpaired) electrons. The van der Waals surface area contributed by atoms with Gasteiger partial charge in [-0.1, -0.05) is 30.3 Å². The van der Waals surface area contributed by atoms with E-state index in [4.69, 9.17) is 4.74 Å². The molecular weight excluding hydrogens is 471 g/mol. The number of nitriles is 1. The summed E-state index contributed by atoms with van der Waals surface area (Å²) in [6.45, 7) is -2.79. The zero-order valence-electron chi connectivity index (χ0n) is 17.8. The number of aromatic nitrogens is 1. The summed E-state index contributed by atoms with van der Waals surface area (Å²) in [4.78, 5) is 25.9. The zero-order chi connectivity index (χ0) is 24.7. The number of carbonyl (C=O) groups is 1. The van der Waals surface area contributed by atoms with E-state index >= 15 is 0 Å². The minimum Gasteiger partial charge on any atom is -0.434 e.